The van der Waals surface area contributed by atoms with Crippen molar-refractivity contribution in [2.75, 3.05) is 0 Å². The molecule has 0 radical (unpaired) electrons. The number of aliphatic hydroxyl groups excluding tert-OH is 1. The molecule has 0 bridgehead atoms. The first-order valence-corrected chi connectivity index (χ1v) is 7.38. The maximum atomic E-state index is 10.8. The van der Waals surface area contributed by atoms with Gasteiger partial charge in [-0.2, -0.15) is 0 Å². The second-order valence-corrected chi connectivity index (χ2v) is 5.79. The maximum Gasteiger partial charge on any atom is 0.106 e. The van der Waals surface area contributed by atoms with Gasteiger partial charge >= 0.3 is 0 Å². The van der Waals surface area contributed by atoms with Crippen LogP contribution in [0.2, 0.25) is 0 Å². The van der Waals surface area contributed by atoms with E-state index in [-0.39, 0.29) is 0 Å². The third-order valence-corrected chi connectivity index (χ3v) is 4.40. The largest absolute Gasteiger partial charge is 0.384 e. The quantitative estimate of drug-likeness (QED) is 0.910. The number of pyridine rings is 1. The van der Waals surface area contributed by atoms with Crippen LogP contribution < -0.4 is 0 Å². The minimum absolute atomic E-state index is 0.570. The van der Waals surface area contributed by atoms with Crippen molar-refractivity contribution in [2.45, 2.75) is 45.1 Å². The van der Waals surface area contributed by atoms with Crippen molar-refractivity contribution in [2.24, 2.45) is 0 Å². The van der Waals surface area contributed by atoms with Crippen LogP contribution in [0, 0.1) is 13.8 Å². The molecule has 3 rings (SSSR count). The summed E-state index contributed by atoms with van der Waals surface area (Å²) >= 11 is 0. The molecule has 0 amide bonds. The van der Waals surface area contributed by atoms with Gasteiger partial charge in [0.25, 0.3) is 0 Å². The number of hydrogen-bond acceptors (Lipinski definition) is 2. The Labute approximate surface area is 120 Å². The SMILES string of the molecule is Cc1ccc(C(O)c2ccccc2C2CCC2)c(C)n1. The number of hydrogen-bond donors (Lipinski definition) is 1. The monoisotopic (exact) mass is 267 g/mol. The van der Waals surface area contributed by atoms with Gasteiger partial charge in [0.05, 0.1) is 0 Å². The standard InChI is InChI=1S/C18H21NO/c1-12-10-11-15(13(2)19-12)18(20)17-9-4-3-8-16(17)14-6-5-7-14/h3-4,8-11,14,18,20H,5-7H2,1-2H3. The molecule has 2 heteroatoms. The number of aryl methyl sites for hydroxylation is 2. The lowest BCUT2D eigenvalue weighted by Gasteiger charge is -2.29. The fourth-order valence-corrected chi connectivity index (χ4v) is 3.00. The maximum absolute atomic E-state index is 10.8. The zero-order valence-electron chi connectivity index (χ0n) is 12.1. The van der Waals surface area contributed by atoms with Gasteiger partial charge in [-0.25, -0.2) is 0 Å². The molecule has 0 aliphatic heterocycles. The van der Waals surface area contributed by atoms with Crippen molar-refractivity contribution in [3.8, 4) is 0 Å². The molecule has 1 aromatic heterocycles. The molecule has 1 aromatic carbocycles. The fraction of sp³-hybridized carbons (Fsp3) is 0.389. The summed E-state index contributed by atoms with van der Waals surface area (Å²) in [5.41, 5.74) is 5.19. The van der Waals surface area contributed by atoms with Crippen molar-refractivity contribution in [3.05, 3.63) is 64.5 Å². The lowest BCUT2D eigenvalue weighted by atomic mass is 9.77. The first-order chi connectivity index (χ1) is 9.66. The molecule has 0 spiro atoms. The third kappa shape index (κ3) is 2.36. The van der Waals surface area contributed by atoms with E-state index in [1.54, 1.807) is 0 Å². The van der Waals surface area contributed by atoms with Gasteiger partial charge in [0, 0.05) is 17.0 Å². The van der Waals surface area contributed by atoms with Gasteiger partial charge < -0.3 is 5.11 Å². The predicted octanol–water partition coefficient (Wildman–Crippen LogP) is 4.05. The molecule has 1 heterocycles. The fourth-order valence-electron chi connectivity index (χ4n) is 3.00. The van der Waals surface area contributed by atoms with Crippen LogP contribution in [0.15, 0.2) is 36.4 Å². The van der Waals surface area contributed by atoms with Crippen LogP contribution in [-0.4, -0.2) is 10.1 Å². The number of aliphatic hydroxyl groups is 1. The van der Waals surface area contributed by atoms with E-state index in [1.807, 2.05) is 32.0 Å². The van der Waals surface area contributed by atoms with E-state index in [9.17, 15) is 5.11 Å². The lowest BCUT2D eigenvalue weighted by molar-refractivity contribution is 0.215. The Morgan fingerprint density at radius 2 is 1.80 bits per heavy atom. The molecular formula is C18H21NO. The summed E-state index contributed by atoms with van der Waals surface area (Å²) < 4.78 is 0. The van der Waals surface area contributed by atoms with Gasteiger partial charge in [-0.15, -0.1) is 0 Å². The van der Waals surface area contributed by atoms with Gasteiger partial charge in [-0.05, 0) is 49.8 Å². The van der Waals surface area contributed by atoms with Crippen LogP contribution in [0.25, 0.3) is 0 Å². The average molecular weight is 267 g/mol. The van der Waals surface area contributed by atoms with Gasteiger partial charge in [-0.3, -0.25) is 4.98 Å². The van der Waals surface area contributed by atoms with Crippen LogP contribution in [0.5, 0.6) is 0 Å². The molecular weight excluding hydrogens is 246 g/mol. The van der Waals surface area contributed by atoms with E-state index in [0.717, 1.165) is 22.5 Å². The zero-order chi connectivity index (χ0) is 14.1. The molecule has 2 nitrogen and oxygen atoms in total. The highest BCUT2D eigenvalue weighted by Crippen LogP contribution is 2.40. The molecule has 1 aliphatic rings. The molecule has 104 valence electrons. The molecule has 1 saturated carbocycles. The minimum Gasteiger partial charge on any atom is -0.384 e. The second kappa shape index (κ2) is 5.37. The van der Waals surface area contributed by atoms with E-state index in [4.69, 9.17) is 0 Å². The van der Waals surface area contributed by atoms with Gasteiger partial charge in [0.15, 0.2) is 0 Å². The van der Waals surface area contributed by atoms with Gasteiger partial charge in [0.1, 0.15) is 6.10 Å². The van der Waals surface area contributed by atoms with Crippen molar-refractivity contribution < 1.29 is 5.11 Å². The summed E-state index contributed by atoms with van der Waals surface area (Å²) in [6.07, 6.45) is 3.23. The first kappa shape index (κ1) is 13.3. The predicted molar refractivity (Wildman–Crippen MR) is 80.8 cm³/mol. The van der Waals surface area contributed by atoms with Crippen LogP contribution in [0.1, 0.15) is 59.4 Å². The van der Waals surface area contributed by atoms with E-state index in [1.165, 1.54) is 24.8 Å². The molecule has 1 unspecified atom stereocenters. The summed E-state index contributed by atoms with van der Waals surface area (Å²) in [6, 6.07) is 12.3. The van der Waals surface area contributed by atoms with Crippen LogP contribution in [0.3, 0.4) is 0 Å². The van der Waals surface area contributed by atoms with Crippen molar-refractivity contribution in [1.29, 1.82) is 0 Å². The molecule has 1 fully saturated rings. The lowest BCUT2D eigenvalue weighted by Crippen LogP contribution is -2.14. The molecule has 0 saturated heterocycles. The van der Waals surface area contributed by atoms with E-state index >= 15 is 0 Å². The Kier molecular flexibility index (Phi) is 3.58. The van der Waals surface area contributed by atoms with E-state index in [2.05, 4.69) is 23.2 Å². The van der Waals surface area contributed by atoms with Crippen molar-refractivity contribution >= 4 is 0 Å². The molecule has 1 atom stereocenters. The van der Waals surface area contributed by atoms with Crippen LogP contribution >= 0.6 is 0 Å². The summed E-state index contributed by atoms with van der Waals surface area (Å²) in [7, 11) is 0. The number of nitrogens with zero attached hydrogens (tertiary/aromatic N) is 1. The van der Waals surface area contributed by atoms with Crippen LogP contribution in [0.4, 0.5) is 0 Å². The average Bonchev–Trinajstić information content (AvgIpc) is 2.37. The topological polar surface area (TPSA) is 33.1 Å². The van der Waals surface area contributed by atoms with Gasteiger partial charge in [0.2, 0.25) is 0 Å². The molecule has 1 N–H and O–H groups in total. The summed E-state index contributed by atoms with van der Waals surface area (Å²) in [5.74, 6) is 0.625. The summed E-state index contributed by atoms with van der Waals surface area (Å²) in [5, 5.41) is 10.8. The summed E-state index contributed by atoms with van der Waals surface area (Å²) in [6.45, 7) is 3.95. The Bertz CT molecular complexity index is 617. The number of aromatic nitrogens is 1. The third-order valence-electron chi connectivity index (χ3n) is 4.40. The first-order valence-electron chi connectivity index (χ1n) is 7.38. The number of rotatable bonds is 3. The van der Waals surface area contributed by atoms with E-state index < -0.39 is 6.10 Å². The summed E-state index contributed by atoms with van der Waals surface area (Å²) in [4.78, 5) is 4.47. The highest BCUT2D eigenvalue weighted by Gasteiger charge is 2.25. The Morgan fingerprint density at radius 1 is 1.05 bits per heavy atom. The number of benzene rings is 1. The van der Waals surface area contributed by atoms with Crippen molar-refractivity contribution in [1.82, 2.24) is 4.98 Å². The highest BCUT2D eigenvalue weighted by molar-refractivity contribution is 5.40. The Morgan fingerprint density at radius 3 is 2.45 bits per heavy atom. The highest BCUT2D eigenvalue weighted by atomic mass is 16.3. The molecule has 1 aliphatic carbocycles. The normalized spacial score (nSPS) is 16.8. The Hall–Kier alpha value is -1.67. The second-order valence-electron chi connectivity index (χ2n) is 5.79. The van der Waals surface area contributed by atoms with E-state index in [0.29, 0.717) is 5.92 Å². The Balaban J connectivity index is 1.99. The van der Waals surface area contributed by atoms with Gasteiger partial charge in [-0.1, -0.05) is 36.8 Å². The van der Waals surface area contributed by atoms with Crippen LogP contribution in [-0.2, 0) is 0 Å². The molecule has 20 heavy (non-hydrogen) atoms. The minimum atomic E-state index is -0.570. The van der Waals surface area contributed by atoms with Crippen molar-refractivity contribution in [3.63, 3.8) is 0 Å². The molecule has 2 aromatic rings. The zero-order valence-corrected chi connectivity index (χ0v) is 12.1. The smallest absolute Gasteiger partial charge is 0.106 e.